The molecule has 0 bridgehead atoms. The summed E-state index contributed by atoms with van der Waals surface area (Å²) in [6.07, 6.45) is 1.86. The average Bonchev–Trinajstić information content (AvgIpc) is 2.83. The Morgan fingerprint density at radius 1 is 1.33 bits per heavy atom. The molecular formula is C17H27N3O. The molecule has 0 fully saturated rings. The maximum absolute atomic E-state index is 5.56. The van der Waals surface area contributed by atoms with Crippen molar-refractivity contribution in [3.05, 3.63) is 30.1 Å². The number of methoxy groups -OCH3 is 1. The van der Waals surface area contributed by atoms with E-state index >= 15 is 0 Å². The summed E-state index contributed by atoms with van der Waals surface area (Å²) < 4.78 is 7.86. The van der Waals surface area contributed by atoms with Crippen LogP contribution in [-0.4, -0.2) is 35.4 Å². The molecule has 1 atom stereocenters. The summed E-state index contributed by atoms with van der Waals surface area (Å²) in [7, 11) is 3.78. The van der Waals surface area contributed by atoms with Crippen molar-refractivity contribution < 1.29 is 4.74 Å². The van der Waals surface area contributed by atoms with Crippen LogP contribution in [0.4, 0.5) is 0 Å². The van der Waals surface area contributed by atoms with Crippen molar-refractivity contribution in [3.8, 4) is 0 Å². The minimum Gasteiger partial charge on any atom is -0.379 e. The van der Waals surface area contributed by atoms with E-state index in [0.29, 0.717) is 6.04 Å². The Morgan fingerprint density at radius 3 is 2.67 bits per heavy atom. The van der Waals surface area contributed by atoms with E-state index < -0.39 is 0 Å². The number of fused-ring (bicyclic) bond motifs is 1. The third-order valence-electron chi connectivity index (χ3n) is 4.18. The number of imidazole rings is 1. The minimum absolute atomic E-state index is 0.128. The van der Waals surface area contributed by atoms with Crippen LogP contribution >= 0.6 is 0 Å². The molecule has 0 saturated heterocycles. The van der Waals surface area contributed by atoms with E-state index in [4.69, 9.17) is 9.72 Å². The Morgan fingerprint density at radius 2 is 2.05 bits per heavy atom. The number of hydrogen-bond donors (Lipinski definition) is 1. The quantitative estimate of drug-likeness (QED) is 0.851. The lowest BCUT2D eigenvalue weighted by Gasteiger charge is -2.28. The van der Waals surface area contributed by atoms with Crippen molar-refractivity contribution in [2.75, 3.05) is 14.2 Å². The molecule has 1 aromatic carbocycles. The molecule has 116 valence electrons. The molecule has 4 heteroatoms. The monoisotopic (exact) mass is 289 g/mol. The normalized spacial score (nSPS) is 13.8. The summed E-state index contributed by atoms with van der Waals surface area (Å²) in [5, 5.41) is 3.40. The van der Waals surface area contributed by atoms with Crippen LogP contribution in [0.5, 0.6) is 0 Å². The van der Waals surface area contributed by atoms with Gasteiger partial charge in [0, 0.05) is 26.1 Å². The Kier molecular flexibility index (Phi) is 5.01. The van der Waals surface area contributed by atoms with E-state index in [0.717, 1.165) is 30.7 Å². The number of likely N-dealkylation sites (N-methyl/N-ethyl adjacent to an activating group) is 1. The number of para-hydroxylation sites is 2. The topological polar surface area (TPSA) is 39.1 Å². The van der Waals surface area contributed by atoms with Crippen LogP contribution in [0.15, 0.2) is 24.3 Å². The van der Waals surface area contributed by atoms with E-state index in [-0.39, 0.29) is 5.60 Å². The Balaban J connectivity index is 2.25. The first-order valence-electron chi connectivity index (χ1n) is 7.67. The number of aromatic nitrogens is 2. The van der Waals surface area contributed by atoms with Gasteiger partial charge < -0.3 is 14.6 Å². The van der Waals surface area contributed by atoms with Crippen LogP contribution in [0.2, 0.25) is 0 Å². The molecule has 2 aromatic rings. The number of rotatable bonds is 7. The number of aryl methyl sites for hydroxylation is 1. The van der Waals surface area contributed by atoms with E-state index in [2.05, 4.69) is 48.9 Å². The summed E-state index contributed by atoms with van der Waals surface area (Å²) in [5.41, 5.74) is 2.17. The third-order valence-corrected chi connectivity index (χ3v) is 4.18. The van der Waals surface area contributed by atoms with Gasteiger partial charge in [-0.1, -0.05) is 12.1 Å². The first-order chi connectivity index (χ1) is 10.0. The maximum Gasteiger partial charge on any atom is 0.111 e. The second-order valence-corrected chi connectivity index (χ2v) is 6.12. The number of benzene rings is 1. The molecule has 0 spiro atoms. The van der Waals surface area contributed by atoms with Gasteiger partial charge in [0.25, 0.3) is 0 Å². The van der Waals surface area contributed by atoms with E-state index in [1.54, 1.807) is 7.11 Å². The first kappa shape index (κ1) is 16.0. The molecular weight excluding hydrogens is 262 g/mol. The van der Waals surface area contributed by atoms with E-state index in [9.17, 15) is 0 Å². The zero-order valence-corrected chi connectivity index (χ0v) is 13.8. The molecule has 0 aliphatic carbocycles. The predicted molar refractivity (Wildman–Crippen MR) is 87.7 cm³/mol. The van der Waals surface area contributed by atoms with Gasteiger partial charge in [-0.15, -0.1) is 0 Å². The van der Waals surface area contributed by atoms with Crippen LogP contribution in [0.1, 0.15) is 33.0 Å². The van der Waals surface area contributed by atoms with Gasteiger partial charge in [-0.2, -0.15) is 0 Å². The van der Waals surface area contributed by atoms with Gasteiger partial charge in [0.05, 0.1) is 16.6 Å². The van der Waals surface area contributed by atoms with Gasteiger partial charge in [-0.05, 0) is 46.4 Å². The minimum atomic E-state index is -0.128. The summed E-state index contributed by atoms with van der Waals surface area (Å²) in [4.78, 5) is 4.81. The molecule has 0 aliphatic rings. The lowest BCUT2D eigenvalue weighted by atomic mass is 9.96. The van der Waals surface area contributed by atoms with Gasteiger partial charge in [-0.25, -0.2) is 4.98 Å². The number of ether oxygens (including phenoxy) is 1. The molecule has 1 unspecified atom stereocenters. The molecule has 0 radical (unpaired) electrons. The largest absolute Gasteiger partial charge is 0.379 e. The lowest BCUT2D eigenvalue weighted by molar-refractivity contribution is 0.00754. The second kappa shape index (κ2) is 6.58. The van der Waals surface area contributed by atoms with Crippen LogP contribution in [0, 0.1) is 0 Å². The summed E-state index contributed by atoms with van der Waals surface area (Å²) >= 11 is 0. The van der Waals surface area contributed by atoms with Crippen molar-refractivity contribution in [1.29, 1.82) is 0 Å². The average molecular weight is 289 g/mol. The molecule has 1 heterocycles. The fourth-order valence-electron chi connectivity index (χ4n) is 2.81. The van der Waals surface area contributed by atoms with E-state index in [1.807, 2.05) is 13.1 Å². The third kappa shape index (κ3) is 3.63. The first-order valence-corrected chi connectivity index (χ1v) is 7.67. The van der Waals surface area contributed by atoms with Gasteiger partial charge in [0.15, 0.2) is 0 Å². The van der Waals surface area contributed by atoms with Crippen LogP contribution in [-0.2, 0) is 17.7 Å². The smallest absolute Gasteiger partial charge is 0.111 e. The standard InChI is InChI=1S/C17H27N3O/c1-6-20-15-10-8-7-9-14(15)19-16(20)11-13(18-4)12-17(2,3)21-5/h7-10,13,18H,6,11-12H2,1-5H3. The lowest BCUT2D eigenvalue weighted by Crippen LogP contribution is -2.37. The highest BCUT2D eigenvalue weighted by Crippen LogP contribution is 2.21. The van der Waals surface area contributed by atoms with Crippen LogP contribution < -0.4 is 5.32 Å². The van der Waals surface area contributed by atoms with Crippen molar-refractivity contribution in [3.63, 3.8) is 0 Å². The summed E-state index contributed by atoms with van der Waals surface area (Å²) in [6.45, 7) is 7.37. The zero-order chi connectivity index (χ0) is 15.5. The fourth-order valence-corrected chi connectivity index (χ4v) is 2.81. The summed E-state index contributed by atoms with van der Waals surface area (Å²) in [6, 6.07) is 8.69. The Bertz CT molecular complexity index is 589. The molecule has 0 aliphatic heterocycles. The SMILES string of the molecule is CCn1c(CC(CC(C)(C)OC)NC)nc2ccccc21. The van der Waals surface area contributed by atoms with Crippen molar-refractivity contribution >= 4 is 11.0 Å². The van der Waals surface area contributed by atoms with Crippen LogP contribution in [0.3, 0.4) is 0 Å². The molecule has 0 saturated carbocycles. The molecule has 2 rings (SSSR count). The molecule has 0 amide bonds. The number of nitrogens with zero attached hydrogens (tertiary/aromatic N) is 2. The van der Waals surface area contributed by atoms with Gasteiger partial charge >= 0.3 is 0 Å². The van der Waals surface area contributed by atoms with Crippen molar-refractivity contribution in [1.82, 2.24) is 14.9 Å². The molecule has 1 N–H and O–H groups in total. The number of hydrogen-bond acceptors (Lipinski definition) is 3. The Labute approximate surface area is 127 Å². The molecule has 4 nitrogen and oxygen atoms in total. The van der Waals surface area contributed by atoms with Crippen molar-refractivity contribution in [2.24, 2.45) is 0 Å². The van der Waals surface area contributed by atoms with Gasteiger partial charge in [0.1, 0.15) is 5.82 Å². The zero-order valence-electron chi connectivity index (χ0n) is 13.8. The summed E-state index contributed by atoms with van der Waals surface area (Å²) in [5.74, 6) is 1.14. The predicted octanol–water partition coefficient (Wildman–Crippen LogP) is 3.00. The van der Waals surface area contributed by atoms with Crippen LogP contribution in [0.25, 0.3) is 11.0 Å². The highest BCUT2D eigenvalue weighted by Gasteiger charge is 2.23. The fraction of sp³-hybridized carbons (Fsp3) is 0.588. The van der Waals surface area contributed by atoms with Gasteiger partial charge in [0.2, 0.25) is 0 Å². The molecule has 21 heavy (non-hydrogen) atoms. The Hall–Kier alpha value is -1.39. The van der Waals surface area contributed by atoms with E-state index in [1.165, 1.54) is 5.52 Å². The van der Waals surface area contributed by atoms with Crippen molar-refractivity contribution in [2.45, 2.75) is 51.8 Å². The maximum atomic E-state index is 5.56. The highest BCUT2D eigenvalue weighted by molar-refractivity contribution is 5.75. The molecule has 1 aromatic heterocycles. The number of nitrogens with one attached hydrogen (secondary N) is 1. The highest BCUT2D eigenvalue weighted by atomic mass is 16.5. The second-order valence-electron chi connectivity index (χ2n) is 6.12. The van der Waals surface area contributed by atoms with Gasteiger partial charge in [-0.3, -0.25) is 0 Å².